The highest BCUT2D eigenvalue weighted by molar-refractivity contribution is 6.02. The number of carbonyl (C=O) groups excluding carboxylic acids is 3. The Balaban J connectivity index is 1.25. The summed E-state index contributed by atoms with van der Waals surface area (Å²) in [7, 11) is 0. The monoisotopic (exact) mass is 417 g/mol. The topological polar surface area (TPSA) is 91.7 Å². The Labute approximate surface area is 180 Å². The van der Waals surface area contributed by atoms with Crippen molar-refractivity contribution >= 4 is 29.1 Å². The zero-order valence-corrected chi connectivity index (χ0v) is 17.0. The number of amides is 3. The van der Waals surface area contributed by atoms with Gasteiger partial charge in [0.1, 0.15) is 0 Å². The van der Waals surface area contributed by atoms with Crippen molar-refractivity contribution in [1.82, 2.24) is 5.32 Å². The van der Waals surface area contributed by atoms with Crippen LogP contribution in [0.25, 0.3) is 0 Å². The number of anilines is 2. The molecule has 1 aromatic heterocycles. The number of nitrogens with one attached hydrogen (secondary N) is 2. The van der Waals surface area contributed by atoms with E-state index in [1.807, 2.05) is 36.4 Å². The van der Waals surface area contributed by atoms with Crippen LogP contribution in [0.1, 0.15) is 34.5 Å². The predicted octanol–water partition coefficient (Wildman–Crippen LogP) is 3.52. The maximum Gasteiger partial charge on any atom is 0.291 e. The Morgan fingerprint density at radius 3 is 2.35 bits per heavy atom. The molecule has 2 N–H and O–H groups in total. The molecular weight excluding hydrogens is 394 g/mol. The van der Waals surface area contributed by atoms with Crippen molar-refractivity contribution in [3.05, 3.63) is 83.8 Å². The highest BCUT2D eigenvalue weighted by atomic mass is 16.3. The van der Waals surface area contributed by atoms with Crippen molar-refractivity contribution in [3.63, 3.8) is 0 Å². The van der Waals surface area contributed by atoms with E-state index in [1.165, 1.54) is 6.26 Å². The van der Waals surface area contributed by atoms with Crippen molar-refractivity contribution in [2.45, 2.75) is 25.8 Å². The molecule has 0 aliphatic carbocycles. The summed E-state index contributed by atoms with van der Waals surface area (Å²) in [6, 6.07) is 18.1. The number of furan rings is 1. The molecule has 0 bridgehead atoms. The van der Waals surface area contributed by atoms with Crippen molar-refractivity contribution in [3.8, 4) is 0 Å². The SMILES string of the molecule is O=C(Cc1ccc(N2CCCC2=O)cc1)NCc1ccc(NC(=O)c2ccco2)cc1. The normalized spacial score (nSPS) is 13.3. The molecular formula is C24H23N3O4. The van der Waals surface area contributed by atoms with Crippen LogP contribution < -0.4 is 15.5 Å². The molecule has 0 atom stereocenters. The van der Waals surface area contributed by atoms with Crippen molar-refractivity contribution in [2.24, 2.45) is 0 Å². The minimum Gasteiger partial charge on any atom is -0.459 e. The molecule has 0 radical (unpaired) electrons. The van der Waals surface area contributed by atoms with Gasteiger partial charge in [0.15, 0.2) is 5.76 Å². The first kappa shape index (κ1) is 20.4. The van der Waals surface area contributed by atoms with Crippen LogP contribution in [0.3, 0.4) is 0 Å². The Kier molecular flexibility index (Phi) is 6.12. The average Bonchev–Trinajstić information content (AvgIpc) is 3.46. The molecule has 0 spiro atoms. The van der Waals surface area contributed by atoms with Crippen LogP contribution in [0, 0.1) is 0 Å². The van der Waals surface area contributed by atoms with Gasteiger partial charge in [0.2, 0.25) is 11.8 Å². The van der Waals surface area contributed by atoms with Gasteiger partial charge >= 0.3 is 0 Å². The number of nitrogens with zero attached hydrogens (tertiary/aromatic N) is 1. The van der Waals surface area contributed by atoms with E-state index in [1.54, 1.807) is 29.2 Å². The third-order valence-corrected chi connectivity index (χ3v) is 5.13. The molecule has 0 unspecified atom stereocenters. The largest absolute Gasteiger partial charge is 0.459 e. The predicted molar refractivity (Wildman–Crippen MR) is 117 cm³/mol. The smallest absolute Gasteiger partial charge is 0.291 e. The number of hydrogen-bond acceptors (Lipinski definition) is 4. The van der Waals surface area contributed by atoms with Crippen LogP contribution in [0.5, 0.6) is 0 Å². The van der Waals surface area contributed by atoms with Crippen LogP contribution in [0.4, 0.5) is 11.4 Å². The van der Waals surface area contributed by atoms with E-state index in [0.29, 0.717) is 18.7 Å². The van der Waals surface area contributed by atoms with E-state index < -0.39 is 0 Å². The molecule has 1 aliphatic rings. The molecule has 1 saturated heterocycles. The van der Waals surface area contributed by atoms with Crippen molar-refractivity contribution in [2.75, 3.05) is 16.8 Å². The van der Waals surface area contributed by atoms with Crippen LogP contribution in [-0.2, 0) is 22.6 Å². The summed E-state index contributed by atoms with van der Waals surface area (Å²) in [5, 5.41) is 5.65. The lowest BCUT2D eigenvalue weighted by Crippen LogP contribution is -2.25. The summed E-state index contributed by atoms with van der Waals surface area (Å²) in [5.41, 5.74) is 3.34. The van der Waals surface area contributed by atoms with Gasteiger partial charge in [0.05, 0.1) is 12.7 Å². The van der Waals surface area contributed by atoms with E-state index in [0.717, 1.165) is 29.8 Å². The summed E-state index contributed by atoms with van der Waals surface area (Å²) in [6.45, 7) is 1.15. The Bertz CT molecular complexity index is 1060. The minimum absolute atomic E-state index is 0.0832. The molecule has 4 rings (SSSR count). The lowest BCUT2D eigenvalue weighted by Gasteiger charge is -2.15. The van der Waals surface area contributed by atoms with Gasteiger partial charge in [-0.25, -0.2) is 0 Å². The van der Waals surface area contributed by atoms with Gasteiger partial charge in [-0.05, 0) is 53.9 Å². The molecule has 1 fully saturated rings. The van der Waals surface area contributed by atoms with E-state index in [-0.39, 0.29) is 29.9 Å². The lowest BCUT2D eigenvalue weighted by atomic mass is 10.1. The van der Waals surface area contributed by atoms with Crippen LogP contribution in [0.2, 0.25) is 0 Å². The molecule has 2 aromatic carbocycles. The van der Waals surface area contributed by atoms with Crippen LogP contribution >= 0.6 is 0 Å². The maximum atomic E-state index is 12.3. The average molecular weight is 417 g/mol. The molecule has 0 saturated carbocycles. The van der Waals surface area contributed by atoms with Crippen molar-refractivity contribution < 1.29 is 18.8 Å². The molecule has 31 heavy (non-hydrogen) atoms. The zero-order valence-electron chi connectivity index (χ0n) is 17.0. The van der Waals surface area contributed by atoms with E-state index in [4.69, 9.17) is 4.42 Å². The van der Waals surface area contributed by atoms with Gasteiger partial charge in [-0.15, -0.1) is 0 Å². The van der Waals surface area contributed by atoms with Gasteiger partial charge in [0, 0.05) is 30.9 Å². The van der Waals surface area contributed by atoms with Crippen LogP contribution in [0.15, 0.2) is 71.3 Å². The number of benzene rings is 2. The van der Waals surface area contributed by atoms with Gasteiger partial charge in [-0.1, -0.05) is 24.3 Å². The quantitative estimate of drug-likeness (QED) is 0.615. The van der Waals surface area contributed by atoms with Crippen molar-refractivity contribution in [1.29, 1.82) is 0 Å². The summed E-state index contributed by atoms with van der Waals surface area (Å²) >= 11 is 0. The summed E-state index contributed by atoms with van der Waals surface area (Å²) in [6.07, 6.45) is 3.21. The fraction of sp³-hybridized carbons (Fsp3) is 0.208. The fourth-order valence-corrected chi connectivity index (χ4v) is 3.47. The Morgan fingerprint density at radius 1 is 0.968 bits per heavy atom. The third kappa shape index (κ3) is 5.19. The number of hydrogen-bond donors (Lipinski definition) is 2. The molecule has 2 heterocycles. The lowest BCUT2D eigenvalue weighted by molar-refractivity contribution is -0.120. The molecule has 7 nitrogen and oxygen atoms in total. The highest BCUT2D eigenvalue weighted by Gasteiger charge is 2.21. The van der Waals surface area contributed by atoms with Gasteiger partial charge in [0.25, 0.3) is 5.91 Å². The standard InChI is InChI=1S/C24H23N3O4/c28-22(15-17-7-11-20(12-8-17)27-13-1-4-23(27)29)25-16-18-5-9-19(10-6-18)26-24(30)21-3-2-14-31-21/h2-3,5-12,14H,1,4,13,15-16H2,(H,25,28)(H,26,30). The third-order valence-electron chi connectivity index (χ3n) is 5.13. The molecule has 7 heteroatoms. The summed E-state index contributed by atoms with van der Waals surface area (Å²) in [5.74, 6) is -0.000175. The first-order valence-corrected chi connectivity index (χ1v) is 10.2. The highest BCUT2D eigenvalue weighted by Crippen LogP contribution is 2.21. The number of carbonyl (C=O) groups is 3. The molecule has 3 aromatic rings. The minimum atomic E-state index is -0.314. The number of rotatable bonds is 7. The second-order valence-corrected chi connectivity index (χ2v) is 7.40. The Hall–Kier alpha value is -3.87. The fourth-order valence-electron chi connectivity index (χ4n) is 3.47. The second kappa shape index (κ2) is 9.30. The van der Waals surface area contributed by atoms with Gasteiger partial charge in [-0.2, -0.15) is 0 Å². The Morgan fingerprint density at radius 2 is 1.71 bits per heavy atom. The maximum absolute atomic E-state index is 12.3. The zero-order chi connectivity index (χ0) is 21.6. The summed E-state index contributed by atoms with van der Waals surface area (Å²) in [4.78, 5) is 37.9. The summed E-state index contributed by atoms with van der Waals surface area (Å²) < 4.78 is 5.07. The van der Waals surface area contributed by atoms with Gasteiger partial charge in [-0.3, -0.25) is 14.4 Å². The first-order valence-electron chi connectivity index (χ1n) is 10.2. The van der Waals surface area contributed by atoms with E-state index in [2.05, 4.69) is 10.6 Å². The first-order chi connectivity index (χ1) is 15.1. The van der Waals surface area contributed by atoms with E-state index >= 15 is 0 Å². The van der Waals surface area contributed by atoms with E-state index in [9.17, 15) is 14.4 Å². The molecule has 1 aliphatic heterocycles. The van der Waals surface area contributed by atoms with Gasteiger partial charge < -0.3 is 20.0 Å². The second-order valence-electron chi connectivity index (χ2n) is 7.40. The molecule has 158 valence electrons. The molecule has 3 amide bonds. The van der Waals surface area contributed by atoms with Crippen LogP contribution in [-0.4, -0.2) is 24.3 Å².